The van der Waals surface area contributed by atoms with Crippen molar-refractivity contribution in [3.8, 4) is 11.1 Å². The molecule has 0 unspecified atom stereocenters. The first-order valence-electron chi connectivity index (χ1n) is 9.74. The number of carbonyl (C=O) groups is 4. The summed E-state index contributed by atoms with van der Waals surface area (Å²) in [5, 5.41) is 0. The number of hydrogen-bond donors (Lipinski definition) is 0. The average Bonchev–Trinajstić information content (AvgIpc) is 2.75. The molecule has 2 aromatic carbocycles. The van der Waals surface area contributed by atoms with Crippen molar-refractivity contribution in [2.45, 2.75) is 25.4 Å². The Hall–Kier alpha value is -3.06. The van der Waals surface area contributed by atoms with E-state index in [1.165, 1.54) is 0 Å². The molecule has 0 amide bonds. The van der Waals surface area contributed by atoms with Gasteiger partial charge in [-0.15, -0.1) is 0 Å². The summed E-state index contributed by atoms with van der Waals surface area (Å²) in [6.07, 6.45) is -22.6. The van der Waals surface area contributed by atoms with E-state index in [4.69, 9.17) is 0 Å². The van der Waals surface area contributed by atoms with Gasteiger partial charge in [0.05, 0.1) is 0 Å². The molecule has 2 rings (SSSR count). The number of ether oxygens (including phenoxy) is 4. The van der Waals surface area contributed by atoms with Gasteiger partial charge in [-0.1, -0.05) is 0 Å². The van der Waals surface area contributed by atoms with Crippen molar-refractivity contribution in [2.75, 3.05) is 0 Å². The Kier molecular flexibility index (Phi) is 10.9. The van der Waals surface area contributed by atoms with Crippen LogP contribution in [0.4, 0.5) is 71.9 Å². The van der Waals surface area contributed by atoms with E-state index in [9.17, 15) is 71.9 Å². The molecule has 0 atom stereocenters. The third kappa shape index (κ3) is 11.3. The molecule has 2 aromatic rings. The Morgan fingerprint density at radius 2 is 0.595 bits per heavy atom. The van der Waals surface area contributed by atoms with Gasteiger partial charge in [0.15, 0.2) is 0 Å². The van der Waals surface area contributed by atoms with Crippen LogP contribution in [0.1, 0.15) is 0 Å². The molecular formula is C20H8F12I2O8. The fraction of sp³-hybridized carbons (Fsp3) is 0.200. The van der Waals surface area contributed by atoms with E-state index >= 15 is 0 Å². The van der Waals surface area contributed by atoms with Gasteiger partial charge in [-0.3, -0.25) is 0 Å². The minimum absolute atomic E-state index is 0.0329. The van der Waals surface area contributed by atoms with Gasteiger partial charge in [0.2, 0.25) is 0 Å². The van der Waals surface area contributed by atoms with Gasteiger partial charge >= 0.3 is 239 Å². The number of carbonyl (C=O) groups excluding carboxylic acids is 4. The van der Waals surface area contributed by atoms with E-state index in [0.29, 0.717) is 0 Å². The molecule has 234 valence electrons. The van der Waals surface area contributed by atoms with Crippen LogP contribution in [0.15, 0.2) is 48.5 Å². The molecule has 0 aliphatic rings. The van der Waals surface area contributed by atoms with Gasteiger partial charge in [-0.05, 0) is 0 Å². The summed E-state index contributed by atoms with van der Waals surface area (Å²) in [6.45, 7) is 0. The number of halogens is 14. The zero-order valence-electron chi connectivity index (χ0n) is 19.2. The van der Waals surface area contributed by atoms with Crippen LogP contribution in [0.3, 0.4) is 0 Å². The molecule has 0 saturated heterocycles. The molecule has 0 radical (unpaired) electrons. The quantitative estimate of drug-likeness (QED) is 0.118. The number of alkyl halides is 12. The van der Waals surface area contributed by atoms with Crippen LogP contribution in [-0.4, -0.2) is 41.4 Å². The van der Waals surface area contributed by atoms with Gasteiger partial charge < -0.3 is 0 Å². The van der Waals surface area contributed by atoms with Crippen molar-refractivity contribution in [3.63, 3.8) is 0 Å². The summed E-state index contributed by atoms with van der Waals surface area (Å²) in [5.74, 6) is 0. The van der Waals surface area contributed by atoms with Crippen LogP contribution in [0.25, 0.3) is 11.1 Å². The van der Waals surface area contributed by atoms with E-state index in [1.807, 2.05) is 0 Å². The minimum atomic E-state index is -5.65. The molecule has 0 bridgehead atoms. The molecule has 22 heteroatoms. The van der Waals surface area contributed by atoms with Crippen LogP contribution in [0.2, 0.25) is 0 Å². The monoisotopic (exact) mass is 858 g/mol. The van der Waals surface area contributed by atoms with Crippen LogP contribution in [-0.2, 0) is 18.9 Å². The summed E-state index contributed by atoms with van der Waals surface area (Å²) in [5.41, 5.74) is 0.0659. The average molecular weight is 858 g/mol. The first-order chi connectivity index (χ1) is 19.0. The predicted octanol–water partition coefficient (Wildman–Crippen LogP) is 9.33. The fourth-order valence-electron chi connectivity index (χ4n) is 2.54. The van der Waals surface area contributed by atoms with Crippen LogP contribution in [0.5, 0.6) is 0 Å². The summed E-state index contributed by atoms with van der Waals surface area (Å²) in [4.78, 5) is 47.5. The maximum atomic E-state index is 12.5. The van der Waals surface area contributed by atoms with Crippen molar-refractivity contribution in [2.24, 2.45) is 0 Å². The Balaban J connectivity index is 2.40. The van der Waals surface area contributed by atoms with E-state index in [2.05, 4.69) is 18.9 Å². The Morgan fingerprint density at radius 1 is 0.405 bits per heavy atom. The molecule has 0 heterocycles. The van der Waals surface area contributed by atoms with Gasteiger partial charge in [0, 0.05) is 0 Å². The normalized spacial score (nSPS) is 13.0. The van der Waals surface area contributed by atoms with Gasteiger partial charge in [-0.25, -0.2) is 0 Å². The molecule has 0 fully saturated rings. The second-order valence-electron chi connectivity index (χ2n) is 6.72. The molecule has 0 N–H and O–H groups in total. The van der Waals surface area contributed by atoms with E-state index in [1.54, 1.807) is 0 Å². The summed E-state index contributed by atoms with van der Waals surface area (Å²) < 4.78 is 151. The molecule has 0 saturated carbocycles. The first kappa shape index (κ1) is 35.1. The van der Waals surface area contributed by atoms with E-state index in [0.717, 1.165) is 48.5 Å². The van der Waals surface area contributed by atoms with Crippen molar-refractivity contribution >= 4 is 55.5 Å². The third-order valence-corrected chi connectivity index (χ3v) is 12.2. The molecular weight excluding hydrogens is 850 g/mol. The Bertz CT molecular complexity index is 1150. The number of rotatable bonds is 7. The van der Waals surface area contributed by atoms with Crippen molar-refractivity contribution in [1.29, 1.82) is 0 Å². The predicted molar refractivity (Wildman–Crippen MR) is 127 cm³/mol. The van der Waals surface area contributed by atoms with E-state index in [-0.39, 0.29) is 11.1 Å². The molecule has 0 aliphatic carbocycles. The molecule has 8 nitrogen and oxygen atoms in total. The van der Waals surface area contributed by atoms with Crippen molar-refractivity contribution in [3.05, 3.63) is 55.7 Å². The second-order valence-corrected chi connectivity index (χ2v) is 16.0. The summed E-state index contributed by atoms with van der Waals surface area (Å²) in [7, 11) is 0. The van der Waals surface area contributed by atoms with Crippen molar-refractivity contribution < 1.29 is 90.8 Å². The second kappa shape index (κ2) is 13.1. The van der Waals surface area contributed by atoms with Crippen LogP contribution >= 0.6 is 39.6 Å². The van der Waals surface area contributed by atoms with Gasteiger partial charge in [-0.2, -0.15) is 0 Å². The summed E-state index contributed by atoms with van der Waals surface area (Å²) in [6, 6.07) is 7.02. The molecule has 42 heavy (non-hydrogen) atoms. The standard InChI is InChI=1S/C20H8F12I2O8/c21-17(22,23)39-13(35)33(14(36)40-18(24,25)26)11-5-1-9(2-6-11)10-3-7-12(8-4-10)34(15(37)41-19(27,28)29)16(38)42-20(30,31)32/h1-8H. The summed E-state index contributed by atoms with van der Waals surface area (Å²) >= 11 is -9.68. The van der Waals surface area contributed by atoms with Crippen molar-refractivity contribution in [1.82, 2.24) is 0 Å². The molecule has 0 aliphatic heterocycles. The maximum absolute atomic E-state index is 12.5. The third-order valence-electron chi connectivity index (χ3n) is 3.86. The van der Waals surface area contributed by atoms with Crippen LogP contribution in [0, 0.1) is 7.14 Å². The zero-order valence-corrected chi connectivity index (χ0v) is 23.5. The van der Waals surface area contributed by atoms with Crippen LogP contribution < -0.4 is 0 Å². The Morgan fingerprint density at radius 3 is 0.762 bits per heavy atom. The van der Waals surface area contributed by atoms with E-state index < -0.39 is 88.1 Å². The van der Waals surface area contributed by atoms with Gasteiger partial charge in [0.25, 0.3) is 0 Å². The SMILES string of the molecule is O=C(OC(F)(F)F)I(C(=O)OC(F)(F)F)c1ccc(-c2ccc(I(C(=O)OC(F)(F)F)C(=O)OC(F)(F)F)cc2)cc1. The van der Waals surface area contributed by atoms with Gasteiger partial charge in [0.1, 0.15) is 0 Å². The zero-order chi connectivity index (χ0) is 32.3. The Labute approximate surface area is 238 Å². The fourth-order valence-corrected chi connectivity index (χ4v) is 9.33. The first-order valence-corrected chi connectivity index (χ1v) is 16.2. The number of hydrogen-bond acceptors (Lipinski definition) is 8. The molecule has 0 aromatic heterocycles. The number of benzene rings is 2. The topological polar surface area (TPSA) is 105 Å². The molecule has 0 spiro atoms.